The van der Waals surface area contributed by atoms with Crippen LogP contribution in [-0.2, 0) is 9.59 Å². The number of allylic oxidation sites excluding steroid dienone is 2. The molecule has 2 aliphatic rings. The number of anilines is 2. The Balaban J connectivity index is 1.58. The molecular weight excluding hydrogens is 373 g/mol. The lowest BCUT2D eigenvalue weighted by molar-refractivity contribution is -0.139. The number of halogens is 1. The minimum Gasteiger partial charge on any atom is -0.322 e. The van der Waals surface area contributed by atoms with Gasteiger partial charge in [0.1, 0.15) is 5.82 Å². The molecule has 2 atom stereocenters. The lowest BCUT2D eigenvalue weighted by Crippen LogP contribution is -2.59. The zero-order chi connectivity index (χ0) is 20.5. The Morgan fingerprint density at radius 2 is 1.86 bits per heavy atom. The first-order valence-electron chi connectivity index (χ1n) is 9.41. The number of fused-ring (bicyclic) bond motifs is 1. The summed E-state index contributed by atoms with van der Waals surface area (Å²) >= 11 is 0. The summed E-state index contributed by atoms with van der Waals surface area (Å²) in [5.41, 5.74) is 4.44. The number of aryl methyl sites for hydroxylation is 1. The highest BCUT2D eigenvalue weighted by molar-refractivity contribution is 6.07. The number of rotatable bonds is 3. The summed E-state index contributed by atoms with van der Waals surface area (Å²) in [5, 5.41) is 3.90. The number of benzene rings is 2. The number of hydrazine groups is 1. The number of hydrogen-bond acceptors (Lipinski definition) is 3. The molecule has 1 fully saturated rings. The predicted molar refractivity (Wildman–Crippen MR) is 107 cm³/mol. The van der Waals surface area contributed by atoms with Gasteiger partial charge in [0.25, 0.3) is 5.91 Å². The van der Waals surface area contributed by atoms with Gasteiger partial charge in [-0.05, 0) is 55.7 Å². The average Bonchev–Trinajstić information content (AvgIpc) is 2.73. The summed E-state index contributed by atoms with van der Waals surface area (Å²) < 4.78 is 13.5. The number of carbonyl (C=O) groups excluding carboxylic acids is 3. The molecule has 1 saturated heterocycles. The molecule has 29 heavy (non-hydrogen) atoms. The largest absolute Gasteiger partial charge is 0.322 e. The highest BCUT2D eigenvalue weighted by Gasteiger charge is 2.42. The molecule has 0 bridgehead atoms. The molecule has 2 unspecified atom stereocenters. The molecule has 1 aliphatic heterocycles. The average molecular weight is 393 g/mol. The van der Waals surface area contributed by atoms with E-state index in [0.717, 1.165) is 5.56 Å². The second-order valence-corrected chi connectivity index (χ2v) is 7.27. The normalized spacial score (nSPS) is 20.8. The second-order valence-electron chi connectivity index (χ2n) is 7.27. The fourth-order valence-electron chi connectivity index (χ4n) is 3.69. The Bertz CT molecular complexity index is 1030. The first-order valence-corrected chi connectivity index (χ1v) is 9.41. The van der Waals surface area contributed by atoms with Crippen LogP contribution in [-0.4, -0.2) is 17.7 Å². The molecule has 3 amide bonds. The number of nitrogens with one attached hydrogen (secondary N) is 2. The molecule has 0 saturated carbocycles. The van der Waals surface area contributed by atoms with Crippen LogP contribution in [0.3, 0.4) is 0 Å². The van der Waals surface area contributed by atoms with Gasteiger partial charge < -0.3 is 5.32 Å². The van der Waals surface area contributed by atoms with Crippen molar-refractivity contribution in [1.82, 2.24) is 5.43 Å². The molecule has 148 valence electrons. The van der Waals surface area contributed by atoms with Gasteiger partial charge in [-0.15, -0.1) is 0 Å². The minimum absolute atomic E-state index is 0.197. The van der Waals surface area contributed by atoms with Crippen LogP contribution in [0.1, 0.15) is 28.8 Å². The first-order chi connectivity index (χ1) is 13.9. The molecule has 4 rings (SSSR count). The maximum absolute atomic E-state index is 13.5. The Morgan fingerprint density at radius 3 is 2.66 bits per heavy atom. The summed E-state index contributed by atoms with van der Waals surface area (Å²) in [6, 6.07) is 10.6. The van der Waals surface area contributed by atoms with Crippen molar-refractivity contribution < 1.29 is 18.8 Å². The number of amides is 3. The molecule has 2 aromatic carbocycles. The summed E-state index contributed by atoms with van der Waals surface area (Å²) in [6.45, 7) is 1.77. The second kappa shape index (κ2) is 7.50. The van der Waals surface area contributed by atoms with Gasteiger partial charge in [-0.3, -0.25) is 19.8 Å². The summed E-state index contributed by atoms with van der Waals surface area (Å²) in [7, 11) is 0. The van der Waals surface area contributed by atoms with E-state index in [1.165, 1.54) is 23.2 Å². The summed E-state index contributed by atoms with van der Waals surface area (Å²) in [4.78, 5) is 38.0. The van der Waals surface area contributed by atoms with Crippen molar-refractivity contribution >= 4 is 29.1 Å². The molecule has 2 aromatic rings. The van der Waals surface area contributed by atoms with Gasteiger partial charge in [-0.25, -0.2) is 9.40 Å². The van der Waals surface area contributed by atoms with Gasteiger partial charge >= 0.3 is 0 Å². The first kappa shape index (κ1) is 18.9. The van der Waals surface area contributed by atoms with Gasteiger partial charge in [0.15, 0.2) is 0 Å². The third-order valence-electron chi connectivity index (χ3n) is 5.34. The van der Waals surface area contributed by atoms with Crippen LogP contribution in [0.4, 0.5) is 15.8 Å². The maximum atomic E-state index is 13.5. The molecule has 6 nitrogen and oxygen atoms in total. The molecular formula is C22H20FN3O3. The molecule has 7 heteroatoms. The van der Waals surface area contributed by atoms with E-state index < -0.39 is 17.6 Å². The fourth-order valence-corrected chi connectivity index (χ4v) is 3.69. The zero-order valence-electron chi connectivity index (χ0n) is 15.8. The Hall–Kier alpha value is -3.48. The molecule has 1 heterocycles. The third-order valence-corrected chi connectivity index (χ3v) is 5.34. The lowest BCUT2D eigenvalue weighted by Gasteiger charge is -2.38. The van der Waals surface area contributed by atoms with E-state index in [2.05, 4.69) is 10.7 Å². The smallest absolute Gasteiger partial charge is 0.255 e. The Labute approximate surface area is 167 Å². The van der Waals surface area contributed by atoms with E-state index in [9.17, 15) is 18.8 Å². The number of hydrogen-bond donors (Lipinski definition) is 2. The van der Waals surface area contributed by atoms with E-state index in [1.807, 2.05) is 12.2 Å². The van der Waals surface area contributed by atoms with E-state index in [0.29, 0.717) is 29.8 Å². The van der Waals surface area contributed by atoms with Crippen molar-refractivity contribution in [1.29, 1.82) is 0 Å². The van der Waals surface area contributed by atoms with Crippen molar-refractivity contribution in [3.05, 3.63) is 71.6 Å². The third kappa shape index (κ3) is 3.63. The van der Waals surface area contributed by atoms with Gasteiger partial charge in [0, 0.05) is 11.3 Å². The van der Waals surface area contributed by atoms with Crippen LogP contribution in [0.2, 0.25) is 0 Å². The van der Waals surface area contributed by atoms with Gasteiger partial charge in [-0.2, -0.15) is 0 Å². The van der Waals surface area contributed by atoms with E-state index >= 15 is 0 Å². The molecule has 0 spiro atoms. The minimum atomic E-state index is -0.447. The van der Waals surface area contributed by atoms with Crippen molar-refractivity contribution in [2.45, 2.75) is 19.8 Å². The SMILES string of the molecule is Cc1ccc(F)cc1NC(=O)c1cccc(N2NC(=O)C3CC=CCC3C2=O)c1. The van der Waals surface area contributed by atoms with E-state index in [1.54, 1.807) is 31.2 Å². The van der Waals surface area contributed by atoms with Crippen molar-refractivity contribution in [2.75, 3.05) is 10.3 Å². The fraction of sp³-hybridized carbons (Fsp3) is 0.227. The molecule has 1 aliphatic carbocycles. The molecule has 0 radical (unpaired) electrons. The van der Waals surface area contributed by atoms with Gasteiger partial charge in [0.05, 0.1) is 17.5 Å². The summed E-state index contributed by atoms with van der Waals surface area (Å²) in [6.07, 6.45) is 4.90. The topological polar surface area (TPSA) is 78.5 Å². The van der Waals surface area contributed by atoms with Crippen LogP contribution in [0.15, 0.2) is 54.6 Å². The molecule has 0 aromatic heterocycles. The summed E-state index contributed by atoms with van der Waals surface area (Å²) in [5.74, 6) is -2.04. The van der Waals surface area contributed by atoms with E-state index in [-0.39, 0.29) is 17.7 Å². The number of carbonyl (C=O) groups is 3. The van der Waals surface area contributed by atoms with Crippen LogP contribution in [0.5, 0.6) is 0 Å². The van der Waals surface area contributed by atoms with Crippen LogP contribution < -0.4 is 15.8 Å². The number of nitrogens with zero attached hydrogens (tertiary/aromatic N) is 1. The van der Waals surface area contributed by atoms with Crippen molar-refractivity contribution in [3.8, 4) is 0 Å². The molecule has 2 N–H and O–H groups in total. The van der Waals surface area contributed by atoms with Crippen molar-refractivity contribution in [2.24, 2.45) is 11.8 Å². The Morgan fingerprint density at radius 1 is 1.10 bits per heavy atom. The van der Waals surface area contributed by atoms with Crippen LogP contribution in [0.25, 0.3) is 0 Å². The highest BCUT2D eigenvalue weighted by atomic mass is 19.1. The maximum Gasteiger partial charge on any atom is 0.255 e. The monoisotopic (exact) mass is 393 g/mol. The highest BCUT2D eigenvalue weighted by Crippen LogP contribution is 2.32. The predicted octanol–water partition coefficient (Wildman–Crippen LogP) is 3.35. The van der Waals surface area contributed by atoms with Gasteiger partial charge in [0.2, 0.25) is 11.8 Å². The van der Waals surface area contributed by atoms with Crippen LogP contribution in [0, 0.1) is 24.6 Å². The van der Waals surface area contributed by atoms with Gasteiger partial charge in [-0.1, -0.05) is 24.3 Å². The van der Waals surface area contributed by atoms with Crippen LogP contribution >= 0.6 is 0 Å². The van der Waals surface area contributed by atoms with E-state index in [4.69, 9.17) is 0 Å². The lowest BCUT2D eigenvalue weighted by atomic mass is 9.80. The zero-order valence-corrected chi connectivity index (χ0v) is 15.8. The van der Waals surface area contributed by atoms with Crippen molar-refractivity contribution in [3.63, 3.8) is 0 Å². The quantitative estimate of drug-likeness (QED) is 0.785. The Kier molecular flexibility index (Phi) is 4.88. The standard InChI is InChI=1S/C22H20FN3O3/c1-13-9-10-15(23)12-19(13)24-20(27)14-5-4-6-16(11-14)26-22(29)18-8-3-2-7-17(18)21(28)25-26/h2-6,9-12,17-18H,7-8H2,1H3,(H,24,27)(H,25,28).